The van der Waals surface area contributed by atoms with Crippen LogP contribution in [0.3, 0.4) is 0 Å². The molecule has 0 amide bonds. The second-order valence-corrected chi connectivity index (χ2v) is 8.53. The van der Waals surface area contributed by atoms with Crippen LogP contribution in [0.4, 0.5) is 0 Å². The summed E-state index contributed by atoms with van der Waals surface area (Å²) in [6.07, 6.45) is 6.26. The van der Waals surface area contributed by atoms with Gasteiger partial charge in [0.05, 0.1) is 5.75 Å². The van der Waals surface area contributed by atoms with E-state index in [-0.39, 0.29) is 36.3 Å². The number of rotatable bonds is 8. The van der Waals surface area contributed by atoms with Gasteiger partial charge in [0, 0.05) is 19.6 Å². The minimum absolute atomic E-state index is 0. The van der Waals surface area contributed by atoms with Crippen molar-refractivity contribution in [2.24, 2.45) is 21.5 Å². The molecular weight excluding hydrogens is 427 g/mol. The fraction of sp³-hybridized carbons (Fsp3) is 0.933. The Morgan fingerprint density at radius 1 is 1.26 bits per heavy atom. The standard InChI is InChI=1S/C15H32N4O2S.HI/c1-4-17-14(18-9-10-22(16,20)21)19-12-15(11-13(2)3)7-5-6-8-15;/h13H,4-12H2,1-3H3,(H2,16,20,21)(H2,17,18,19);1H. The Balaban J connectivity index is 0.00000484. The van der Waals surface area contributed by atoms with Gasteiger partial charge in [0.15, 0.2) is 5.96 Å². The number of guanidine groups is 1. The van der Waals surface area contributed by atoms with E-state index in [1.165, 1.54) is 32.1 Å². The Morgan fingerprint density at radius 3 is 2.35 bits per heavy atom. The minimum Gasteiger partial charge on any atom is -0.357 e. The number of nitrogens with two attached hydrogens (primary N) is 1. The first-order valence-electron chi connectivity index (χ1n) is 8.29. The van der Waals surface area contributed by atoms with E-state index in [1.54, 1.807) is 0 Å². The molecule has 1 rings (SSSR count). The third-order valence-electron chi connectivity index (χ3n) is 4.10. The smallest absolute Gasteiger partial charge is 0.210 e. The summed E-state index contributed by atoms with van der Waals surface area (Å²) in [5.41, 5.74) is 0.316. The first kappa shape index (κ1) is 22.9. The molecule has 4 N–H and O–H groups in total. The van der Waals surface area contributed by atoms with Crippen molar-refractivity contribution in [3.63, 3.8) is 0 Å². The Labute approximate surface area is 158 Å². The van der Waals surface area contributed by atoms with Gasteiger partial charge in [-0.15, -0.1) is 24.0 Å². The Hall–Kier alpha value is -0.0900. The summed E-state index contributed by atoms with van der Waals surface area (Å²) >= 11 is 0. The lowest BCUT2D eigenvalue weighted by Crippen LogP contribution is -2.41. The molecule has 0 radical (unpaired) electrons. The molecular formula is C15H33IN4O2S. The second kappa shape index (κ2) is 10.7. The first-order chi connectivity index (χ1) is 10.3. The Bertz CT molecular complexity index is 460. The Morgan fingerprint density at radius 2 is 1.87 bits per heavy atom. The van der Waals surface area contributed by atoms with Crippen LogP contribution >= 0.6 is 24.0 Å². The highest BCUT2D eigenvalue weighted by molar-refractivity contribution is 14.0. The molecule has 1 saturated carbocycles. The molecule has 0 unspecified atom stereocenters. The highest BCUT2D eigenvalue weighted by atomic mass is 127. The lowest BCUT2D eigenvalue weighted by Gasteiger charge is -2.29. The molecule has 0 saturated heterocycles. The van der Waals surface area contributed by atoms with Crippen molar-refractivity contribution in [1.82, 2.24) is 10.6 Å². The van der Waals surface area contributed by atoms with E-state index in [0.29, 0.717) is 17.3 Å². The minimum atomic E-state index is -3.44. The van der Waals surface area contributed by atoms with Crippen molar-refractivity contribution in [1.29, 1.82) is 0 Å². The monoisotopic (exact) mass is 460 g/mol. The summed E-state index contributed by atoms with van der Waals surface area (Å²) in [6.45, 7) is 8.35. The largest absolute Gasteiger partial charge is 0.357 e. The summed E-state index contributed by atoms with van der Waals surface area (Å²) in [5, 5.41) is 11.2. The summed E-state index contributed by atoms with van der Waals surface area (Å²) in [4.78, 5) is 4.70. The van der Waals surface area contributed by atoms with E-state index in [0.717, 1.165) is 13.1 Å². The maximum atomic E-state index is 11.0. The molecule has 8 heteroatoms. The number of primary sulfonamides is 1. The van der Waals surface area contributed by atoms with Crippen LogP contribution in [0, 0.1) is 11.3 Å². The van der Waals surface area contributed by atoms with Crippen LogP contribution < -0.4 is 15.8 Å². The molecule has 1 aliphatic rings. The van der Waals surface area contributed by atoms with E-state index >= 15 is 0 Å². The van der Waals surface area contributed by atoms with E-state index in [2.05, 4.69) is 24.5 Å². The fourth-order valence-electron chi connectivity index (χ4n) is 3.32. The summed E-state index contributed by atoms with van der Waals surface area (Å²) in [5.74, 6) is 1.27. The number of nitrogens with one attached hydrogen (secondary N) is 2. The zero-order valence-corrected chi connectivity index (χ0v) is 17.7. The predicted molar refractivity (Wildman–Crippen MR) is 108 cm³/mol. The average molecular weight is 460 g/mol. The predicted octanol–water partition coefficient (Wildman–Crippen LogP) is 2.05. The number of hydrogen-bond acceptors (Lipinski definition) is 3. The van der Waals surface area contributed by atoms with Gasteiger partial charge < -0.3 is 10.6 Å². The zero-order chi connectivity index (χ0) is 16.6. The molecule has 0 aromatic heterocycles. The van der Waals surface area contributed by atoms with E-state index in [9.17, 15) is 8.42 Å². The molecule has 0 aliphatic heterocycles. The first-order valence-corrected chi connectivity index (χ1v) is 10.0. The van der Waals surface area contributed by atoms with Gasteiger partial charge in [-0.1, -0.05) is 26.7 Å². The summed E-state index contributed by atoms with van der Waals surface area (Å²) in [6, 6.07) is 0. The van der Waals surface area contributed by atoms with Crippen LogP contribution in [0.1, 0.15) is 52.9 Å². The number of aliphatic imine (C=N–C) groups is 1. The number of nitrogens with zero attached hydrogens (tertiary/aromatic N) is 1. The molecule has 0 heterocycles. The molecule has 0 aromatic carbocycles. The fourth-order valence-corrected chi connectivity index (χ4v) is 3.70. The van der Waals surface area contributed by atoms with Crippen molar-refractivity contribution < 1.29 is 8.42 Å². The van der Waals surface area contributed by atoms with Crippen LogP contribution in [0.25, 0.3) is 0 Å². The van der Waals surface area contributed by atoms with Gasteiger partial charge in [-0.05, 0) is 37.5 Å². The van der Waals surface area contributed by atoms with Crippen LogP contribution in [-0.4, -0.2) is 39.8 Å². The van der Waals surface area contributed by atoms with Crippen LogP contribution in [0.5, 0.6) is 0 Å². The number of hydrogen-bond donors (Lipinski definition) is 3. The van der Waals surface area contributed by atoms with Gasteiger partial charge in [-0.3, -0.25) is 4.99 Å². The number of halogens is 1. The third-order valence-corrected chi connectivity index (χ3v) is 4.87. The molecule has 0 bridgehead atoms. The van der Waals surface area contributed by atoms with Gasteiger partial charge in [-0.25, -0.2) is 13.6 Å². The SMILES string of the molecule is CCNC(=NCC1(CC(C)C)CCCC1)NCCS(N)(=O)=O.I. The maximum absolute atomic E-state index is 11.0. The number of sulfonamides is 1. The second-order valence-electron chi connectivity index (χ2n) is 6.79. The molecule has 0 atom stereocenters. The van der Waals surface area contributed by atoms with Gasteiger partial charge in [-0.2, -0.15) is 0 Å². The van der Waals surface area contributed by atoms with Crippen LogP contribution in [0.2, 0.25) is 0 Å². The summed E-state index contributed by atoms with van der Waals surface area (Å²) < 4.78 is 22.0. The quantitative estimate of drug-likeness (QED) is 0.294. The maximum Gasteiger partial charge on any atom is 0.210 e. The van der Waals surface area contributed by atoms with Crippen molar-refractivity contribution in [2.45, 2.75) is 52.9 Å². The van der Waals surface area contributed by atoms with Crippen LogP contribution in [0.15, 0.2) is 4.99 Å². The normalized spacial score (nSPS) is 17.9. The molecule has 0 aromatic rings. The molecule has 1 fully saturated rings. The van der Waals surface area contributed by atoms with Crippen molar-refractivity contribution >= 4 is 40.0 Å². The molecule has 0 spiro atoms. The van der Waals surface area contributed by atoms with E-state index in [1.807, 2.05) is 6.92 Å². The van der Waals surface area contributed by atoms with Gasteiger partial charge in [0.25, 0.3) is 0 Å². The lowest BCUT2D eigenvalue weighted by atomic mass is 9.78. The average Bonchev–Trinajstić information content (AvgIpc) is 2.82. The van der Waals surface area contributed by atoms with Gasteiger partial charge >= 0.3 is 0 Å². The third kappa shape index (κ3) is 9.71. The van der Waals surface area contributed by atoms with E-state index < -0.39 is 10.0 Å². The van der Waals surface area contributed by atoms with Gasteiger partial charge in [0.1, 0.15) is 0 Å². The van der Waals surface area contributed by atoms with E-state index in [4.69, 9.17) is 10.1 Å². The van der Waals surface area contributed by atoms with Crippen molar-refractivity contribution in [3.05, 3.63) is 0 Å². The van der Waals surface area contributed by atoms with Crippen molar-refractivity contribution in [3.8, 4) is 0 Å². The summed E-state index contributed by atoms with van der Waals surface area (Å²) in [7, 11) is -3.44. The molecule has 1 aliphatic carbocycles. The Kier molecular flexibility index (Phi) is 10.7. The molecule has 6 nitrogen and oxygen atoms in total. The molecule has 138 valence electrons. The van der Waals surface area contributed by atoms with Crippen LogP contribution in [-0.2, 0) is 10.0 Å². The van der Waals surface area contributed by atoms with Gasteiger partial charge in [0.2, 0.25) is 10.0 Å². The highest BCUT2D eigenvalue weighted by Gasteiger charge is 2.34. The van der Waals surface area contributed by atoms with Crippen molar-refractivity contribution in [2.75, 3.05) is 25.4 Å². The zero-order valence-electron chi connectivity index (χ0n) is 14.6. The topological polar surface area (TPSA) is 96.6 Å². The highest BCUT2D eigenvalue weighted by Crippen LogP contribution is 2.43. The molecule has 23 heavy (non-hydrogen) atoms. The lowest BCUT2D eigenvalue weighted by molar-refractivity contribution is 0.245.